The van der Waals surface area contributed by atoms with E-state index < -0.39 is 0 Å². The molecule has 1 unspecified atom stereocenters. The molecule has 1 aromatic heterocycles. The highest BCUT2D eigenvalue weighted by Gasteiger charge is 2.18. The molecule has 1 atom stereocenters. The fourth-order valence-electron chi connectivity index (χ4n) is 2.08. The first kappa shape index (κ1) is 9.52. The maximum absolute atomic E-state index is 5.72. The maximum Gasteiger partial charge on any atom is 0.200 e. The Morgan fingerprint density at radius 2 is 2.21 bits per heavy atom. The summed E-state index contributed by atoms with van der Waals surface area (Å²) < 4.78 is 2.02. The van der Waals surface area contributed by atoms with Gasteiger partial charge in [0.15, 0.2) is 5.95 Å². The predicted octanol–water partition coefficient (Wildman–Crippen LogP) is 0.950. The van der Waals surface area contributed by atoms with Gasteiger partial charge in [0.25, 0.3) is 0 Å². The van der Waals surface area contributed by atoms with Gasteiger partial charge in [0.2, 0.25) is 0 Å². The molecule has 78 valence electrons. The van der Waals surface area contributed by atoms with Crippen LogP contribution >= 0.6 is 0 Å². The lowest BCUT2D eigenvalue weighted by atomic mass is 10.3. The lowest BCUT2D eigenvalue weighted by Gasteiger charge is -2.24. The number of nitrogens with two attached hydrogens (primary N) is 1. The molecule has 0 spiro atoms. The van der Waals surface area contributed by atoms with E-state index in [4.69, 9.17) is 5.73 Å². The molecule has 0 bridgehead atoms. The average Bonchev–Trinajstić information content (AvgIpc) is 2.77. The number of imidazole rings is 1. The van der Waals surface area contributed by atoms with Crippen LogP contribution in [0.25, 0.3) is 0 Å². The molecule has 0 aromatic carbocycles. The van der Waals surface area contributed by atoms with Gasteiger partial charge < -0.3 is 10.3 Å². The number of rotatable bonds is 3. The van der Waals surface area contributed by atoms with Gasteiger partial charge in [-0.25, -0.2) is 4.98 Å². The summed E-state index contributed by atoms with van der Waals surface area (Å²) in [5.74, 6) is 0.621. The first-order valence-electron chi connectivity index (χ1n) is 5.28. The van der Waals surface area contributed by atoms with Crippen molar-refractivity contribution in [3.8, 4) is 0 Å². The second-order valence-electron chi connectivity index (χ2n) is 4.03. The lowest BCUT2D eigenvalue weighted by molar-refractivity contribution is 0.236. The van der Waals surface area contributed by atoms with Crippen molar-refractivity contribution >= 4 is 5.95 Å². The molecule has 1 aliphatic heterocycles. The third-order valence-corrected chi connectivity index (χ3v) is 2.97. The van der Waals surface area contributed by atoms with E-state index in [-0.39, 0.29) is 0 Å². The molecule has 1 saturated heterocycles. The third kappa shape index (κ3) is 1.90. The summed E-state index contributed by atoms with van der Waals surface area (Å²) in [6.45, 7) is 5.67. The van der Waals surface area contributed by atoms with Crippen LogP contribution in [0, 0.1) is 0 Å². The van der Waals surface area contributed by atoms with Crippen LogP contribution in [0.15, 0.2) is 12.4 Å². The predicted molar refractivity (Wildman–Crippen MR) is 56.9 cm³/mol. The van der Waals surface area contributed by atoms with Gasteiger partial charge in [0, 0.05) is 25.0 Å². The second kappa shape index (κ2) is 4.00. The average molecular weight is 194 g/mol. The molecule has 4 heteroatoms. The number of nitrogen functional groups attached to an aromatic ring is 1. The summed E-state index contributed by atoms with van der Waals surface area (Å²) in [5, 5.41) is 0. The highest BCUT2D eigenvalue weighted by Crippen LogP contribution is 2.13. The zero-order valence-corrected chi connectivity index (χ0v) is 8.69. The smallest absolute Gasteiger partial charge is 0.200 e. The van der Waals surface area contributed by atoms with Crippen LogP contribution in [0.3, 0.4) is 0 Å². The summed E-state index contributed by atoms with van der Waals surface area (Å²) in [6.07, 6.45) is 6.38. The van der Waals surface area contributed by atoms with Crippen LogP contribution in [-0.2, 0) is 6.54 Å². The largest absolute Gasteiger partial charge is 0.369 e. The van der Waals surface area contributed by atoms with Crippen LogP contribution in [0.2, 0.25) is 0 Å². The van der Waals surface area contributed by atoms with E-state index in [0.717, 1.165) is 6.54 Å². The Bertz CT molecular complexity index is 288. The summed E-state index contributed by atoms with van der Waals surface area (Å²) >= 11 is 0. The van der Waals surface area contributed by atoms with E-state index in [9.17, 15) is 0 Å². The van der Waals surface area contributed by atoms with Gasteiger partial charge in [-0.2, -0.15) is 0 Å². The molecular weight excluding hydrogens is 176 g/mol. The van der Waals surface area contributed by atoms with Crippen molar-refractivity contribution in [2.45, 2.75) is 32.4 Å². The van der Waals surface area contributed by atoms with Crippen molar-refractivity contribution < 1.29 is 0 Å². The van der Waals surface area contributed by atoms with Crippen molar-refractivity contribution in [3.63, 3.8) is 0 Å². The van der Waals surface area contributed by atoms with Crippen LogP contribution in [0.4, 0.5) is 5.95 Å². The first-order valence-corrected chi connectivity index (χ1v) is 5.28. The van der Waals surface area contributed by atoms with Crippen LogP contribution < -0.4 is 5.73 Å². The van der Waals surface area contributed by atoms with Gasteiger partial charge >= 0.3 is 0 Å². The summed E-state index contributed by atoms with van der Waals surface area (Å²) in [7, 11) is 0. The van der Waals surface area contributed by atoms with E-state index in [1.807, 2.05) is 10.8 Å². The van der Waals surface area contributed by atoms with E-state index in [1.165, 1.54) is 25.9 Å². The normalized spacial score (nSPS) is 20.1. The maximum atomic E-state index is 5.72. The third-order valence-electron chi connectivity index (χ3n) is 2.97. The number of likely N-dealkylation sites (tertiary alicyclic amines) is 1. The number of nitrogens with zero attached hydrogens (tertiary/aromatic N) is 3. The standard InChI is InChI=1S/C10H18N4/c1-9(13-5-2-3-6-13)8-14-7-4-12-10(14)11/h4,7,9H,2-3,5-6,8H2,1H3,(H2,11,12). The highest BCUT2D eigenvalue weighted by atomic mass is 15.2. The van der Waals surface area contributed by atoms with Gasteiger partial charge in [-0.05, 0) is 32.9 Å². The van der Waals surface area contributed by atoms with Crippen molar-refractivity contribution in [3.05, 3.63) is 12.4 Å². The summed E-state index contributed by atoms with van der Waals surface area (Å²) in [5.41, 5.74) is 5.72. The molecule has 0 saturated carbocycles. The van der Waals surface area contributed by atoms with Gasteiger partial charge in [0.1, 0.15) is 0 Å². The van der Waals surface area contributed by atoms with Crippen molar-refractivity contribution in [2.75, 3.05) is 18.8 Å². The van der Waals surface area contributed by atoms with E-state index in [2.05, 4.69) is 16.8 Å². The fraction of sp³-hybridized carbons (Fsp3) is 0.700. The molecule has 4 nitrogen and oxygen atoms in total. The Morgan fingerprint density at radius 3 is 2.79 bits per heavy atom. The number of hydrogen-bond acceptors (Lipinski definition) is 3. The van der Waals surface area contributed by atoms with Gasteiger partial charge in [-0.1, -0.05) is 0 Å². The van der Waals surface area contributed by atoms with Crippen LogP contribution in [0.5, 0.6) is 0 Å². The zero-order chi connectivity index (χ0) is 9.97. The monoisotopic (exact) mass is 194 g/mol. The molecule has 0 aliphatic carbocycles. The Morgan fingerprint density at radius 1 is 1.50 bits per heavy atom. The van der Waals surface area contributed by atoms with Crippen molar-refractivity contribution in [1.29, 1.82) is 0 Å². The molecule has 0 amide bonds. The van der Waals surface area contributed by atoms with Crippen molar-refractivity contribution in [1.82, 2.24) is 14.5 Å². The molecule has 1 aromatic rings. The molecule has 1 aliphatic rings. The lowest BCUT2D eigenvalue weighted by Crippen LogP contribution is -2.33. The minimum atomic E-state index is 0.564. The first-order chi connectivity index (χ1) is 6.77. The van der Waals surface area contributed by atoms with E-state index >= 15 is 0 Å². The molecule has 14 heavy (non-hydrogen) atoms. The van der Waals surface area contributed by atoms with E-state index in [1.54, 1.807) is 6.20 Å². The van der Waals surface area contributed by atoms with Crippen LogP contribution in [-0.4, -0.2) is 33.6 Å². The molecule has 0 radical (unpaired) electrons. The van der Waals surface area contributed by atoms with Gasteiger partial charge in [0.05, 0.1) is 0 Å². The van der Waals surface area contributed by atoms with E-state index in [0.29, 0.717) is 12.0 Å². The number of anilines is 1. The topological polar surface area (TPSA) is 47.1 Å². The molecule has 2 rings (SSSR count). The molecule has 2 N–H and O–H groups in total. The Balaban J connectivity index is 1.93. The minimum Gasteiger partial charge on any atom is -0.369 e. The quantitative estimate of drug-likeness (QED) is 0.779. The SMILES string of the molecule is CC(Cn1ccnc1N)N1CCCC1. The highest BCUT2D eigenvalue weighted by molar-refractivity contribution is 5.16. The molecule has 1 fully saturated rings. The summed E-state index contributed by atoms with van der Waals surface area (Å²) in [6, 6.07) is 0.564. The Hall–Kier alpha value is -1.03. The fourth-order valence-corrected chi connectivity index (χ4v) is 2.08. The molecule has 2 heterocycles. The molecular formula is C10H18N4. The number of aromatic nitrogens is 2. The zero-order valence-electron chi connectivity index (χ0n) is 8.69. The Kier molecular flexibility index (Phi) is 2.72. The van der Waals surface area contributed by atoms with Gasteiger partial charge in [-0.3, -0.25) is 4.90 Å². The van der Waals surface area contributed by atoms with Crippen LogP contribution in [0.1, 0.15) is 19.8 Å². The Labute approximate surface area is 84.7 Å². The van der Waals surface area contributed by atoms with Gasteiger partial charge in [-0.15, -0.1) is 0 Å². The summed E-state index contributed by atoms with van der Waals surface area (Å²) in [4.78, 5) is 6.53. The van der Waals surface area contributed by atoms with Crippen molar-refractivity contribution in [2.24, 2.45) is 0 Å². The second-order valence-corrected chi connectivity index (χ2v) is 4.03. The minimum absolute atomic E-state index is 0.564. The number of hydrogen-bond donors (Lipinski definition) is 1.